The SMILES string of the molecule is O=C1CCCN1c1ccc(-c2ccc(Nc3cnc4c(c3)N3C(=O)CC[C@H]3CO4)nc2)c(F)c1. The van der Waals surface area contributed by atoms with E-state index in [9.17, 15) is 14.0 Å². The maximum atomic E-state index is 14.8. The molecule has 1 N–H and O–H groups in total. The zero-order valence-electron chi connectivity index (χ0n) is 18.3. The molecule has 6 rings (SSSR count). The molecule has 9 heteroatoms. The highest BCUT2D eigenvalue weighted by molar-refractivity contribution is 5.98. The number of hydrogen-bond donors (Lipinski definition) is 1. The predicted molar refractivity (Wildman–Crippen MR) is 125 cm³/mol. The van der Waals surface area contributed by atoms with Crippen molar-refractivity contribution in [3.8, 4) is 17.0 Å². The molecule has 0 unspecified atom stereocenters. The van der Waals surface area contributed by atoms with E-state index in [-0.39, 0.29) is 17.9 Å². The number of hydrogen-bond acceptors (Lipinski definition) is 6. The minimum absolute atomic E-state index is 0.0251. The van der Waals surface area contributed by atoms with Crippen LogP contribution in [0.4, 0.5) is 27.3 Å². The summed E-state index contributed by atoms with van der Waals surface area (Å²) in [6, 6.07) is 10.3. The van der Waals surface area contributed by atoms with Crippen molar-refractivity contribution in [3.05, 3.63) is 54.6 Å². The van der Waals surface area contributed by atoms with Gasteiger partial charge >= 0.3 is 0 Å². The number of nitrogens with zero attached hydrogens (tertiary/aromatic N) is 4. The third-order valence-corrected chi connectivity index (χ3v) is 6.51. The Balaban J connectivity index is 1.21. The van der Waals surface area contributed by atoms with Gasteiger partial charge in [-0.05, 0) is 49.2 Å². The maximum absolute atomic E-state index is 14.8. The van der Waals surface area contributed by atoms with Gasteiger partial charge in [0.05, 0.1) is 17.9 Å². The second-order valence-electron chi connectivity index (χ2n) is 8.69. The minimum atomic E-state index is -0.400. The van der Waals surface area contributed by atoms with Gasteiger partial charge in [0.15, 0.2) is 0 Å². The summed E-state index contributed by atoms with van der Waals surface area (Å²) in [6.07, 6.45) is 5.82. The third-order valence-electron chi connectivity index (χ3n) is 6.51. The van der Waals surface area contributed by atoms with Crippen molar-refractivity contribution in [1.29, 1.82) is 0 Å². The fraction of sp³-hybridized carbons (Fsp3) is 0.280. The molecule has 0 spiro atoms. The Morgan fingerprint density at radius 1 is 1.03 bits per heavy atom. The fourth-order valence-corrected chi connectivity index (χ4v) is 4.80. The molecule has 8 nitrogen and oxygen atoms in total. The van der Waals surface area contributed by atoms with Gasteiger partial charge in [-0.25, -0.2) is 14.4 Å². The molecule has 2 fully saturated rings. The molecule has 0 aliphatic carbocycles. The van der Waals surface area contributed by atoms with Crippen LogP contribution in [0.25, 0.3) is 11.1 Å². The first kappa shape index (κ1) is 20.6. The molecule has 2 saturated heterocycles. The summed E-state index contributed by atoms with van der Waals surface area (Å²) < 4.78 is 20.5. The van der Waals surface area contributed by atoms with Crippen LogP contribution in [0.3, 0.4) is 0 Å². The van der Waals surface area contributed by atoms with Gasteiger partial charge in [0.25, 0.3) is 0 Å². The van der Waals surface area contributed by atoms with E-state index in [0.29, 0.717) is 65.9 Å². The number of aromatic nitrogens is 2. The molecule has 3 aromatic rings. The fourth-order valence-electron chi connectivity index (χ4n) is 4.80. The van der Waals surface area contributed by atoms with Crippen molar-refractivity contribution in [1.82, 2.24) is 9.97 Å². The molecule has 34 heavy (non-hydrogen) atoms. The van der Waals surface area contributed by atoms with Crippen LogP contribution in [-0.2, 0) is 9.59 Å². The number of benzene rings is 1. The lowest BCUT2D eigenvalue weighted by atomic mass is 10.1. The molecule has 0 radical (unpaired) electrons. The van der Waals surface area contributed by atoms with Crippen LogP contribution in [-0.4, -0.2) is 41.0 Å². The molecule has 0 saturated carbocycles. The quantitative estimate of drug-likeness (QED) is 0.634. The number of nitrogens with one attached hydrogen (secondary N) is 1. The zero-order valence-corrected chi connectivity index (χ0v) is 18.3. The molecule has 2 aromatic heterocycles. The maximum Gasteiger partial charge on any atom is 0.238 e. The van der Waals surface area contributed by atoms with E-state index in [2.05, 4.69) is 15.3 Å². The standard InChI is InChI=1S/C25H22FN5O3/c26-20-11-17(30-9-1-2-23(30)32)4-6-19(20)15-3-7-22(27-12-15)29-16-10-21-25(28-13-16)34-14-18-5-8-24(33)31(18)21/h3-4,6-7,10-13,18H,1-2,5,8-9,14H2,(H,27,29)/t18-/m0/s1. The monoisotopic (exact) mass is 459 g/mol. The van der Waals surface area contributed by atoms with Gasteiger partial charge in [-0.3, -0.25) is 9.59 Å². The van der Waals surface area contributed by atoms with Crippen molar-refractivity contribution in [3.63, 3.8) is 0 Å². The van der Waals surface area contributed by atoms with E-state index in [0.717, 1.165) is 12.8 Å². The Hall–Kier alpha value is -4.01. The van der Waals surface area contributed by atoms with Gasteiger partial charge in [-0.2, -0.15) is 0 Å². The van der Waals surface area contributed by atoms with Gasteiger partial charge < -0.3 is 19.9 Å². The molecule has 1 atom stereocenters. The molecule has 5 heterocycles. The second-order valence-corrected chi connectivity index (χ2v) is 8.69. The van der Waals surface area contributed by atoms with Crippen LogP contribution in [0.15, 0.2) is 48.8 Å². The van der Waals surface area contributed by atoms with Crippen molar-refractivity contribution in [2.75, 3.05) is 28.3 Å². The molecule has 3 aliphatic heterocycles. The number of pyridine rings is 2. The van der Waals surface area contributed by atoms with Crippen LogP contribution in [0.2, 0.25) is 0 Å². The number of rotatable bonds is 4. The van der Waals surface area contributed by atoms with Crippen LogP contribution < -0.4 is 19.9 Å². The number of anilines is 4. The van der Waals surface area contributed by atoms with Gasteiger partial charge in [0, 0.05) is 42.4 Å². The Labute approximate surface area is 195 Å². The highest BCUT2D eigenvalue weighted by atomic mass is 19.1. The zero-order chi connectivity index (χ0) is 23.2. The summed E-state index contributed by atoms with van der Waals surface area (Å²) >= 11 is 0. The largest absolute Gasteiger partial charge is 0.474 e. The van der Waals surface area contributed by atoms with Crippen LogP contribution in [0.1, 0.15) is 25.7 Å². The number of carbonyl (C=O) groups excluding carboxylic acids is 2. The number of ether oxygens (including phenoxy) is 1. The van der Waals surface area contributed by atoms with Gasteiger partial charge in [-0.1, -0.05) is 0 Å². The Morgan fingerprint density at radius 2 is 1.94 bits per heavy atom. The second kappa shape index (κ2) is 8.09. The molecule has 1 aromatic carbocycles. The Bertz CT molecular complexity index is 1300. The van der Waals surface area contributed by atoms with Crippen LogP contribution in [0.5, 0.6) is 5.88 Å². The average Bonchev–Trinajstić information content (AvgIpc) is 3.45. The Morgan fingerprint density at radius 3 is 2.71 bits per heavy atom. The van der Waals surface area contributed by atoms with Crippen LogP contribution in [0, 0.1) is 5.82 Å². The van der Waals surface area contributed by atoms with E-state index >= 15 is 0 Å². The normalized spacial score (nSPS) is 19.1. The van der Waals surface area contributed by atoms with Crippen molar-refractivity contribution in [2.45, 2.75) is 31.7 Å². The summed E-state index contributed by atoms with van der Waals surface area (Å²) in [4.78, 5) is 36.4. The molecular weight excluding hydrogens is 437 g/mol. The molecule has 3 aliphatic rings. The summed E-state index contributed by atoms with van der Waals surface area (Å²) in [6.45, 7) is 1.09. The van der Waals surface area contributed by atoms with Crippen LogP contribution >= 0.6 is 0 Å². The van der Waals surface area contributed by atoms with Gasteiger partial charge in [0.2, 0.25) is 17.7 Å². The lowest BCUT2D eigenvalue weighted by Crippen LogP contribution is -2.40. The number of carbonyl (C=O) groups is 2. The summed E-state index contributed by atoms with van der Waals surface area (Å²) in [5, 5.41) is 3.19. The molecule has 0 bridgehead atoms. The third kappa shape index (κ3) is 3.53. The van der Waals surface area contributed by atoms with E-state index in [4.69, 9.17) is 4.74 Å². The average molecular weight is 459 g/mol. The van der Waals surface area contributed by atoms with Gasteiger partial charge in [-0.15, -0.1) is 0 Å². The highest BCUT2D eigenvalue weighted by Crippen LogP contribution is 2.39. The van der Waals surface area contributed by atoms with Crippen molar-refractivity contribution >= 4 is 34.7 Å². The van der Waals surface area contributed by atoms with E-state index in [1.165, 1.54) is 6.07 Å². The van der Waals surface area contributed by atoms with Crippen molar-refractivity contribution in [2.24, 2.45) is 0 Å². The first-order chi connectivity index (χ1) is 16.6. The predicted octanol–water partition coefficient (Wildman–Crippen LogP) is 4.04. The smallest absolute Gasteiger partial charge is 0.238 e. The number of halogens is 1. The number of fused-ring (bicyclic) bond motifs is 3. The van der Waals surface area contributed by atoms with E-state index < -0.39 is 5.82 Å². The summed E-state index contributed by atoms with van der Waals surface area (Å²) in [7, 11) is 0. The molecule has 2 amide bonds. The molecular formula is C25H22FN5O3. The van der Waals surface area contributed by atoms with Crippen molar-refractivity contribution < 1.29 is 18.7 Å². The first-order valence-electron chi connectivity index (χ1n) is 11.3. The number of amides is 2. The summed E-state index contributed by atoms with van der Waals surface area (Å²) in [5.41, 5.74) is 2.97. The highest BCUT2D eigenvalue weighted by Gasteiger charge is 2.38. The first-order valence-corrected chi connectivity index (χ1v) is 11.3. The Kier molecular flexibility index (Phi) is 4.90. The van der Waals surface area contributed by atoms with E-state index in [1.54, 1.807) is 46.5 Å². The topological polar surface area (TPSA) is 87.7 Å². The van der Waals surface area contributed by atoms with Gasteiger partial charge in [0.1, 0.15) is 23.9 Å². The lowest BCUT2D eigenvalue weighted by molar-refractivity contribution is -0.118. The minimum Gasteiger partial charge on any atom is -0.474 e. The van der Waals surface area contributed by atoms with E-state index in [1.807, 2.05) is 6.07 Å². The molecule has 172 valence electrons. The summed E-state index contributed by atoms with van der Waals surface area (Å²) in [5.74, 6) is 0.722. The lowest BCUT2D eigenvalue weighted by Gasteiger charge is -2.31.